The van der Waals surface area contributed by atoms with Crippen molar-refractivity contribution in [1.82, 2.24) is 0 Å². The van der Waals surface area contributed by atoms with E-state index in [0.717, 1.165) is 23.3 Å². The molecule has 2 N–H and O–H groups in total. The van der Waals surface area contributed by atoms with Gasteiger partial charge in [-0.15, -0.1) is 0 Å². The third-order valence-corrected chi connectivity index (χ3v) is 3.79. The van der Waals surface area contributed by atoms with E-state index in [-0.39, 0.29) is 6.04 Å². The van der Waals surface area contributed by atoms with Crippen molar-refractivity contribution in [2.45, 2.75) is 38.3 Å². The van der Waals surface area contributed by atoms with Crippen molar-refractivity contribution >= 4 is 0 Å². The van der Waals surface area contributed by atoms with Crippen LogP contribution in [0.3, 0.4) is 0 Å². The second-order valence-electron chi connectivity index (χ2n) is 5.46. The molecule has 2 heteroatoms. The highest BCUT2D eigenvalue weighted by Crippen LogP contribution is 2.29. The standard InChI is InChI=1S/C18H21NO/c1-2-13-6-8-14(9-7-13)18(19)15-4-3-5-17(12-15)20-16-10-11-16/h3-9,12,16,18H,2,10-11,19H2,1H3. The molecule has 2 nitrogen and oxygen atoms in total. The van der Waals surface area contributed by atoms with Crippen LogP contribution in [0, 0.1) is 0 Å². The van der Waals surface area contributed by atoms with Gasteiger partial charge >= 0.3 is 0 Å². The third-order valence-electron chi connectivity index (χ3n) is 3.79. The van der Waals surface area contributed by atoms with Crippen LogP contribution in [0.4, 0.5) is 0 Å². The minimum atomic E-state index is -0.0938. The average molecular weight is 267 g/mol. The summed E-state index contributed by atoms with van der Waals surface area (Å²) >= 11 is 0. The summed E-state index contributed by atoms with van der Waals surface area (Å²) in [5, 5.41) is 0. The Kier molecular flexibility index (Phi) is 3.75. The molecule has 1 aliphatic rings. The highest BCUT2D eigenvalue weighted by Gasteiger charge is 2.23. The molecule has 1 saturated carbocycles. The number of hydrogen-bond donors (Lipinski definition) is 1. The second-order valence-corrected chi connectivity index (χ2v) is 5.46. The maximum atomic E-state index is 6.37. The molecule has 1 aliphatic carbocycles. The van der Waals surface area contributed by atoms with Crippen molar-refractivity contribution in [3.63, 3.8) is 0 Å². The number of hydrogen-bond acceptors (Lipinski definition) is 2. The molecule has 2 aromatic rings. The Morgan fingerprint density at radius 3 is 2.50 bits per heavy atom. The second kappa shape index (κ2) is 5.68. The lowest BCUT2D eigenvalue weighted by Crippen LogP contribution is -2.12. The smallest absolute Gasteiger partial charge is 0.120 e. The van der Waals surface area contributed by atoms with Crippen molar-refractivity contribution < 1.29 is 4.74 Å². The van der Waals surface area contributed by atoms with E-state index in [1.165, 1.54) is 18.4 Å². The van der Waals surface area contributed by atoms with Crippen LogP contribution in [-0.4, -0.2) is 6.10 Å². The van der Waals surface area contributed by atoms with Crippen LogP contribution in [0.25, 0.3) is 0 Å². The molecule has 0 spiro atoms. The van der Waals surface area contributed by atoms with Gasteiger partial charge in [-0.05, 0) is 48.1 Å². The van der Waals surface area contributed by atoms with Crippen LogP contribution in [0.1, 0.15) is 42.5 Å². The van der Waals surface area contributed by atoms with Gasteiger partial charge in [0.25, 0.3) is 0 Å². The van der Waals surface area contributed by atoms with Crippen LogP contribution < -0.4 is 10.5 Å². The molecule has 0 heterocycles. The van der Waals surface area contributed by atoms with Gasteiger partial charge in [0, 0.05) is 0 Å². The normalized spacial score (nSPS) is 15.9. The van der Waals surface area contributed by atoms with E-state index in [4.69, 9.17) is 10.5 Å². The molecule has 1 unspecified atom stereocenters. The summed E-state index contributed by atoms with van der Waals surface area (Å²) in [5.41, 5.74) is 9.96. The largest absolute Gasteiger partial charge is 0.490 e. The van der Waals surface area contributed by atoms with Crippen molar-refractivity contribution in [2.24, 2.45) is 5.73 Å². The molecule has 0 amide bonds. The number of benzene rings is 2. The quantitative estimate of drug-likeness (QED) is 0.893. The van der Waals surface area contributed by atoms with E-state index in [0.29, 0.717) is 6.10 Å². The molecule has 0 saturated heterocycles. The zero-order valence-electron chi connectivity index (χ0n) is 11.9. The lowest BCUT2D eigenvalue weighted by molar-refractivity contribution is 0.303. The van der Waals surface area contributed by atoms with Crippen molar-refractivity contribution in [2.75, 3.05) is 0 Å². The summed E-state index contributed by atoms with van der Waals surface area (Å²) in [7, 11) is 0. The van der Waals surface area contributed by atoms with Gasteiger partial charge in [0.05, 0.1) is 12.1 Å². The van der Waals surface area contributed by atoms with Gasteiger partial charge < -0.3 is 10.5 Å². The molecular weight excluding hydrogens is 246 g/mol. The van der Waals surface area contributed by atoms with Gasteiger partial charge in [0.1, 0.15) is 5.75 Å². The molecular formula is C18H21NO. The highest BCUT2D eigenvalue weighted by atomic mass is 16.5. The zero-order chi connectivity index (χ0) is 13.9. The maximum Gasteiger partial charge on any atom is 0.120 e. The Morgan fingerprint density at radius 1 is 1.10 bits per heavy atom. The lowest BCUT2D eigenvalue weighted by atomic mass is 9.98. The van der Waals surface area contributed by atoms with Gasteiger partial charge in [-0.1, -0.05) is 43.3 Å². The number of rotatable bonds is 5. The molecule has 104 valence electrons. The Morgan fingerprint density at radius 2 is 1.85 bits per heavy atom. The van der Waals surface area contributed by atoms with E-state index in [1.807, 2.05) is 12.1 Å². The van der Waals surface area contributed by atoms with Crippen LogP contribution in [0.5, 0.6) is 5.75 Å². The zero-order valence-corrected chi connectivity index (χ0v) is 11.9. The Bertz CT molecular complexity index is 572. The Labute approximate surface area is 120 Å². The van der Waals surface area contributed by atoms with E-state index >= 15 is 0 Å². The summed E-state index contributed by atoms with van der Waals surface area (Å²) in [6.45, 7) is 2.16. The van der Waals surface area contributed by atoms with Crippen LogP contribution in [0.2, 0.25) is 0 Å². The van der Waals surface area contributed by atoms with E-state index in [1.54, 1.807) is 0 Å². The average Bonchev–Trinajstić information content (AvgIpc) is 3.31. The third kappa shape index (κ3) is 3.02. The van der Waals surface area contributed by atoms with Gasteiger partial charge in [-0.3, -0.25) is 0 Å². The molecule has 2 aromatic carbocycles. The number of nitrogens with two attached hydrogens (primary N) is 1. The SMILES string of the molecule is CCc1ccc(C(N)c2cccc(OC3CC3)c2)cc1. The molecule has 20 heavy (non-hydrogen) atoms. The fourth-order valence-electron chi connectivity index (χ4n) is 2.31. The molecule has 1 atom stereocenters. The van der Waals surface area contributed by atoms with Crippen LogP contribution in [0.15, 0.2) is 48.5 Å². The van der Waals surface area contributed by atoms with Crippen LogP contribution >= 0.6 is 0 Å². The summed E-state index contributed by atoms with van der Waals surface area (Å²) in [5.74, 6) is 0.936. The van der Waals surface area contributed by atoms with Gasteiger partial charge in [0.2, 0.25) is 0 Å². The number of aryl methyl sites for hydroxylation is 1. The fourth-order valence-corrected chi connectivity index (χ4v) is 2.31. The summed E-state index contributed by atoms with van der Waals surface area (Å²) < 4.78 is 5.83. The molecule has 0 aromatic heterocycles. The Balaban J connectivity index is 1.79. The van der Waals surface area contributed by atoms with Gasteiger partial charge in [0.15, 0.2) is 0 Å². The van der Waals surface area contributed by atoms with E-state index in [2.05, 4.69) is 43.3 Å². The Hall–Kier alpha value is -1.80. The summed E-state index contributed by atoms with van der Waals surface area (Å²) in [4.78, 5) is 0. The molecule has 0 aliphatic heterocycles. The van der Waals surface area contributed by atoms with Gasteiger partial charge in [-0.25, -0.2) is 0 Å². The van der Waals surface area contributed by atoms with Crippen molar-refractivity contribution in [1.29, 1.82) is 0 Å². The fraction of sp³-hybridized carbons (Fsp3) is 0.333. The minimum absolute atomic E-state index is 0.0938. The molecule has 3 rings (SSSR count). The summed E-state index contributed by atoms with van der Waals surface area (Å²) in [6, 6.07) is 16.6. The monoisotopic (exact) mass is 267 g/mol. The first-order valence-corrected chi connectivity index (χ1v) is 7.37. The lowest BCUT2D eigenvalue weighted by Gasteiger charge is -2.14. The molecule has 0 bridgehead atoms. The first-order valence-electron chi connectivity index (χ1n) is 7.37. The minimum Gasteiger partial charge on any atom is -0.490 e. The summed E-state index contributed by atoms with van der Waals surface area (Å²) in [6.07, 6.45) is 3.83. The predicted molar refractivity (Wildman–Crippen MR) is 81.9 cm³/mol. The van der Waals surface area contributed by atoms with Crippen LogP contribution in [-0.2, 0) is 6.42 Å². The van der Waals surface area contributed by atoms with Gasteiger partial charge in [-0.2, -0.15) is 0 Å². The molecule has 0 radical (unpaired) electrons. The number of ether oxygens (including phenoxy) is 1. The highest BCUT2D eigenvalue weighted by molar-refractivity contribution is 5.37. The topological polar surface area (TPSA) is 35.2 Å². The first kappa shape index (κ1) is 13.2. The first-order chi connectivity index (χ1) is 9.76. The van der Waals surface area contributed by atoms with E-state index in [9.17, 15) is 0 Å². The van der Waals surface area contributed by atoms with Crippen molar-refractivity contribution in [3.8, 4) is 5.75 Å². The van der Waals surface area contributed by atoms with Crippen molar-refractivity contribution in [3.05, 3.63) is 65.2 Å². The molecule has 1 fully saturated rings. The predicted octanol–water partition coefficient (Wildman–Crippen LogP) is 3.84. The maximum absolute atomic E-state index is 6.37. The van der Waals surface area contributed by atoms with E-state index < -0.39 is 0 Å².